The number of anilines is 1. The van der Waals surface area contributed by atoms with Crippen LogP contribution in [0.5, 0.6) is 11.5 Å². The minimum atomic E-state index is -4.49. The SMILES string of the molecule is COc1ccc(S(=O)(=O)N2C(=O)C(c3cc(CNC(C)(C)C)ccc3OC)(N3CCC[C@H]3c3ncco3)c3cc(Cl)c(Cl)cc32)cc1. The van der Waals surface area contributed by atoms with Crippen molar-refractivity contribution in [2.24, 2.45) is 0 Å². The fourth-order valence-electron chi connectivity index (χ4n) is 6.49. The first-order valence-corrected chi connectivity index (χ1v) is 17.3. The van der Waals surface area contributed by atoms with Crippen LogP contribution in [-0.4, -0.2) is 50.5 Å². The number of halogens is 2. The van der Waals surface area contributed by atoms with Crippen LogP contribution in [0.2, 0.25) is 10.0 Å². The summed E-state index contributed by atoms with van der Waals surface area (Å²) in [6, 6.07) is 14.1. The minimum Gasteiger partial charge on any atom is -0.497 e. The van der Waals surface area contributed by atoms with Crippen molar-refractivity contribution in [2.45, 2.75) is 62.2 Å². The molecule has 47 heavy (non-hydrogen) atoms. The number of nitrogens with zero attached hydrogens (tertiary/aromatic N) is 3. The van der Waals surface area contributed by atoms with Gasteiger partial charge in [-0.25, -0.2) is 17.7 Å². The summed E-state index contributed by atoms with van der Waals surface area (Å²) in [4.78, 5) is 21.8. The quantitative estimate of drug-likeness (QED) is 0.204. The second kappa shape index (κ2) is 12.4. The van der Waals surface area contributed by atoms with E-state index in [4.69, 9.17) is 37.1 Å². The molecule has 10 nitrogen and oxygen atoms in total. The van der Waals surface area contributed by atoms with Crippen LogP contribution in [0.25, 0.3) is 0 Å². The first kappa shape index (κ1) is 33.3. The lowest BCUT2D eigenvalue weighted by atomic mass is 9.80. The van der Waals surface area contributed by atoms with Gasteiger partial charge in [-0.2, -0.15) is 0 Å². The van der Waals surface area contributed by atoms with Gasteiger partial charge in [0.1, 0.15) is 17.8 Å². The molecule has 1 fully saturated rings. The third-order valence-electron chi connectivity index (χ3n) is 8.64. The first-order valence-electron chi connectivity index (χ1n) is 15.1. The standard InChI is InChI=1S/C34H36Cl2N4O6S/c1-33(2,3)38-20-21-8-13-30(45-5)25(17-21)34(39-15-6-7-28(39)31-37-14-16-46-31)24-18-26(35)27(36)19-29(24)40(32(34)41)47(42,43)23-11-9-22(44-4)10-12-23/h8-14,16-19,28,38H,6-7,15,20H2,1-5H3/t28-,34?/m0/s1. The number of hydrogen-bond acceptors (Lipinski definition) is 9. The van der Waals surface area contributed by atoms with Gasteiger partial charge < -0.3 is 19.2 Å². The van der Waals surface area contributed by atoms with Crippen molar-refractivity contribution in [3.8, 4) is 11.5 Å². The molecule has 0 bridgehead atoms. The van der Waals surface area contributed by atoms with E-state index < -0.39 is 27.5 Å². The molecule has 1 amide bonds. The average molecular weight is 700 g/mol. The summed E-state index contributed by atoms with van der Waals surface area (Å²) >= 11 is 13.3. The molecule has 13 heteroatoms. The molecule has 2 aliphatic heterocycles. The number of methoxy groups -OCH3 is 2. The highest BCUT2D eigenvalue weighted by molar-refractivity contribution is 7.93. The summed E-state index contributed by atoms with van der Waals surface area (Å²) < 4.78 is 47.0. The molecular weight excluding hydrogens is 663 g/mol. The van der Waals surface area contributed by atoms with Gasteiger partial charge in [0.25, 0.3) is 15.9 Å². The van der Waals surface area contributed by atoms with Gasteiger partial charge >= 0.3 is 0 Å². The number of fused-ring (bicyclic) bond motifs is 1. The second-order valence-electron chi connectivity index (χ2n) is 12.6. The van der Waals surface area contributed by atoms with Gasteiger partial charge in [0.15, 0.2) is 5.54 Å². The maximum absolute atomic E-state index is 15.5. The van der Waals surface area contributed by atoms with Crippen LogP contribution in [0.1, 0.15) is 62.2 Å². The van der Waals surface area contributed by atoms with Crippen molar-refractivity contribution in [3.05, 3.63) is 99.7 Å². The van der Waals surface area contributed by atoms with E-state index in [1.807, 2.05) is 17.0 Å². The van der Waals surface area contributed by atoms with Gasteiger partial charge in [-0.05, 0) is 87.7 Å². The zero-order valence-corrected chi connectivity index (χ0v) is 29.0. The van der Waals surface area contributed by atoms with E-state index in [1.165, 1.54) is 50.8 Å². The Balaban J connectivity index is 1.67. The van der Waals surface area contributed by atoms with Crippen LogP contribution in [0.15, 0.2) is 76.4 Å². The Labute approximate surface area is 284 Å². The van der Waals surface area contributed by atoms with E-state index in [2.05, 4.69) is 31.1 Å². The molecule has 3 aromatic carbocycles. The monoisotopic (exact) mass is 698 g/mol. The molecule has 1 N–H and O–H groups in total. The van der Waals surface area contributed by atoms with E-state index in [0.29, 0.717) is 54.4 Å². The largest absolute Gasteiger partial charge is 0.497 e. The highest BCUT2D eigenvalue weighted by Crippen LogP contribution is 2.57. The van der Waals surface area contributed by atoms with Crippen LogP contribution >= 0.6 is 23.2 Å². The second-order valence-corrected chi connectivity index (χ2v) is 15.2. The molecule has 1 saturated heterocycles. The smallest absolute Gasteiger partial charge is 0.271 e. The lowest BCUT2D eigenvalue weighted by Gasteiger charge is -2.41. The zero-order chi connectivity index (χ0) is 33.7. The van der Waals surface area contributed by atoms with Crippen molar-refractivity contribution in [1.82, 2.24) is 15.2 Å². The number of rotatable bonds is 9. The van der Waals surface area contributed by atoms with E-state index in [-0.39, 0.29) is 26.2 Å². The number of sulfonamides is 1. The highest BCUT2D eigenvalue weighted by Gasteiger charge is 2.63. The van der Waals surface area contributed by atoms with Gasteiger partial charge in [0, 0.05) is 29.8 Å². The van der Waals surface area contributed by atoms with Crippen LogP contribution in [-0.2, 0) is 26.9 Å². The molecule has 0 aliphatic carbocycles. The van der Waals surface area contributed by atoms with Crippen molar-refractivity contribution in [3.63, 3.8) is 0 Å². The number of oxazole rings is 1. The van der Waals surface area contributed by atoms with E-state index >= 15 is 4.79 Å². The molecule has 6 rings (SSSR count). The number of nitrogens with one attached hydrogen (secondary N) is 1. The van der Waals surface area contributed by atoms with Gasteiger partial charge in [-0.3, -0.25) is 9.69 Å². The Bertz CT molecular complexity index is 1910. The number of ether oxygens (including phenoxy) is 2. The molecule has 2 aliphatic rings. The van der Waals surface area contributed by atoms with Crippen molar-refractivity contribution in [1.29, 1.82) is 0 Å². The molecule has 1 unspecified atom stereocenters. The summed E-state index contributed by atoms with van der Waals surface area (Å²) in [7, 11) is -1.47. The molecule has 3 heterocycles. The van der Waals surface area contributed by atoms with Crippen LogP contribution in [0.4, 0.5) is 5.69 Å². The van der Waals surface area contributed by atoms with Crippen LogP contribution < -0.4 is 19.1 Å². The molecule has 248 valence electrons. The fourth-order valence-corrected chi connectivity index (χ4v) is 8.26. The van der Waals surface area contributed by atoms with Gasteiger partial charge in [-0.15, -0.1) is 0 Å². The predicted molar refractivity (Wildman–Crippen MR) is 180 cm³/mol. The summed E-state index contributed by atoms with van der Waals surface area (Å²) in [5.41, 5.74) is -0.143. The zero-order valence-electron chi connectivity index (χ0n) is 26.7. The Morgan fingerprint density at radius 1 is 1.02 bits per heavy atom. The van der Waals surface area contributed by atoms with Crippen molar-refractivity contribution < 1.29 is 27.1 Å². The molecule has 0 spiro atoms. The predicted octanol–water partition coefficient (Wildman–Crippen LogP) is 6.70. The van der Waals surface area contributed by atoms with Crippen molar-refractivity contribution >= 4 is 44.8 Å². The highest BCUT2D eigenvalue weighted by atomic mass is 35.5. The van der Waals surface area contributed by atoms with Gasteiger partial charge in [-0.1, -0.05) is 29.3 Å². The number of carbonyl (C=O) groups excluding carboxylic acids is 1. The summed E-state index contributed by atoms with van der Waals surface area (Å²) in [6.45, 7) is 7.09. The van der Waals surface area contributed by atoms with E-state index in [9.17, 15) is 8.42 Å². The molecule has 0 radical (unpaired) electrons. The average Bonchev–Trinajstić information content (AvgIpc) is 3.79. The van der Waals surface area contributed by atoms with Crippen LogP contribution in [0.3, 0.4) is 0 Å². The van der Waals surface area contributed by atoms with Crippen LogP contribution in [0, 0.1) is 0 Å². The molecule has 1 aromatic heterocycles. The summed E-state index contributed by atoms with van der Waals surface area (Å²) in [5, 5.41) is 3.77. The number of hydrogen-bond donors (Lipinski definition) is 1. The maximum Gasteiger partial charge on any atom is 0.271 e. The number of likely N-dealkylation sites (tertiary alicyclic amines) is 1. The minimum absolute atomic E-state index is 0.0959. The number of amides is 1. The molecule has 4 aromatic rings. The molecular formula is C34H36Cl2N4O6S. The number of carbonyl (C=O) groups is 1. The Kier molecular flexibility index (Phi) is 8.82. The summed E-state index contributed by atoms with van der Waals surface area (Å²) in [5.74, 6) is 0.561. The number of benzene rings is 3. The van der Waals surface area contributed by atoms with Gasteiger partial charge in [0.2, 0.25) is 5.89 Å². The van der Waals surface area contributed by atoms with E-state index in [1.54, 1.807) is 18.3 Å². The van der Waals surface area contributed by atoms with Gasteiger partial charge in [0.05, 0.1) is 47.1 Å². The molecule has 2 atom stereocenters. The van der Waals surface area contributed by atoms with E-state index in [0.717, 1.165) is 9.87 Å². The Hall–Kier alpha value is -3.61. The topological polar surface area (TPSA) is 114 Å². The Morgan fingerprint density at radius 2 is 1.74 bits per heavy atom. The normalized spacial score (nSPS) is 20.1. The fraction of sp³-hybridized carbons (Fsp3) is 0.353. The molecule has 0 saturated carbocycles. The third kappa shape index (κ3) is 5.67. The number of aromatic nitrogens is 1. The lowest BCUT2D eigenvalue weighted by Crippen LogP contribution is -2.54. The lowest BCUT2D eigenvalue weighted by molar-refractivity contribution is -0.127. The summed E-state index contributed by atoms with van der Waals surface area (Å²) in [6.07, 6.45) is 4.35. The third-order valence-corrected chi connectivity index (χ3v) is 11.1. The Morgan fingerprint density at radius 3 is 2.38 bits per heavy atom. The first-order chi connectivity index (χ1) is 22.3. The van der Waals surface area contributed by atoms with Crippen molar-refractivity contribution in [2.75, 3.05) is 25.1 Å². The maximum atomic E-state index is 15.5.